The Labute approximate surface area is 171 Å². The molecule has 0 saturated carbocycles. The van der Waals surface area contributed by atoms with E-state index >= 15 is 0 Å². The molecule has 3 rings (SSSR count). The van der Waals surface area contributed by atoms with Crippen LogP contribution in [0.3, 0.4) is 0 Å². The molecule has 6 heteroatoms. The van der Waals surface area contributed by atoms with E-state index in [1.54, 1.807) is 4.90 Å². The molecular formula is C23H27N3O3. The fourth-order valence-electron chi connectivity index (χ4n) is 3.70. The van der Waals surface area contributed by atoms with Crippen LogP contribution in [0.1, 0.15) is 29.6 Å². The average molecular weight is 393 g/mol. The van der Waals surface area contributed by atoms with Gasteiger partial charge < -0.3 is 10.6 Å². The molecule has 6 nitrogen and oxygen atoms in total. The quantitative estimate of drug-likeness (QED) is 0.699. The predicted molar refractivity (Wildman–Crippen MR) is 113 cm³/mol. The summed E-state index contributed by atoms with van der Waals surface area (Å²) in [5.74, 6) is -0.308. The number of likely N-dealkylation sites (tertiary alicyclic amines) is 1. The maximum absolute atomic E-state index is 12.9. The maximum atomic E-state index is 12.9. The number of Topliss-reactive ketones (excluding diaryl/α,β-unsaturated/α-hetero) is 1. The highest BCUT2D eigenvalue weighted by molar-refractivity contribution is 5.98. The third kappa shape index (κ3) is 5.74. The van der Waals surface area contributed by atoms with Crippen molar-refractivity contribution in [3.8, 4) is 0 Å². The van der Waals surface area contributed by atoms with Crippen LogP contribution in [-0.2, 0) is 9.59 Å². The Bertz CT molecular complexity index is 831. The van der Waals surface area contributed by atoms with Crippen molar-refractivity contribution in [3.63, 3.8) is 0 Å². The summed E-state index contributed by atoms with van der Waals surface area (Å²) < 4.78 is 0. The summed E-state index contributed by atoms with van der Waals surface area (Å²) in [6.45, 7) is 1.93. The highest BCUT2D eigenvalue weighted by Crippen LogP contribution is 2.22. The number of hydrogen-bond donors (Lipinski definition) is 1. The van der Waals surface area contributed by atoms with Gasteiger partial charge in [-0.3, -0.25) is 19.3 Å². The van der Waals surface area contributed by atoms with Crippen LogP contribution in [0.4, 0.5) is 5.69 Å². The van der Waals surface area contributed by atoms with Gasteiger partial charge in [0.25, 0.3) is 0 Å². The number of nitrogens with two attached hydrogens (primary N) is 1. The van der Waals surface area contributed by atoms with Crippen LogP contribution in [0.2, 0.25) is 0 Å². The third-order valence-electron chi connectivity index (χ3n) is 5.33. The Hall–Kier alpha value is -2.99. The van der Waals surface area contributed by atoms with Crippen LogP contribution in [-0.4, -0.2) is 48.7 Å². The van der Waals surface area contributed by atoms with Gasteiger partial charge in [0.15, 0.2) is 5.78 Å². The molecule has 1 heterocycles. The van der Waals surface area contributed by atoms with Crippen molar-refractivity contribution < 1.29 is 14.4 Å². The highest BCUT2D eigenvalue weighted by Gasteiger charge is 2.28. The fourth-order valence-corrected chi connectivity index (χ4v) is 3.70. The van der Waals surface area contributed by atoms with E-state index in [9.17, 15) is 14.4 Å². The van der Waals surface area contributed by atoms with E-state index in [1.807, 2.05) is 60.7 Å². The molecule has 0 radical (unpaired) electrons. The van der Waals surface area contributed by atoms with Gasteiger partial charge in [-0.25, -0.2) is 0 Å². The number of carbonyl (C=O) groups is 3. The van der Waals surface area contributed by atoms with Crippen LogP contribution in [0.15, 0.2) is 60.7 Å². The van der Waals surface area contributed by atoms with Crippen molar-refractivity contribution in [1.29, 1.82) is 0 Å². The number of rotatable bonds is 8. The van der Waals surface area contributed by atoms with Crippen LogP contribution in [0, 0.1) is 5.92 Å². The Balaban J connectivity index is 1.57. The van der Waals surface area contributed by atoms with E-state index in [0.29, 0.717) is 13.1 Å². The first-order chi connectivity index (χ1) is 14.0. The predicted octanol–water partition coefficient (Wildman–Crippen LogP) is 2.49. The van der Waals surface area contributed by atoms with Gasteiger partial charge in [0.1, 0.15) is 0 Å². The molecule has 152 valence electrons. The highest BCUT2D eigenvalue weighted by atomic mass is 16.2. The third-order valence-corrected chi connectivity index (χ3v) is 5.33. The molecule has 29 heavy (non-hydrogen) atoms. The second-order valence-electron chi connectivity index (χ2n) is 7.38. The van der Waals surface area contributed by atoms with Crippen LogP contribution >= 0.6 is 0 Å². The summed E-state index contributed by atoms with van der Waals surface area (Å²) in [5, 5.41) is 0. The van der Waals surface area contributed by atoms with Gasteiger partial charge in [0.05, 0.1) is 6.54 Å². The molecule has 1 aliphatic rings. The zero-order chi connectivity index (χ0) is 20.6. The summed E-state index contributed by atoms with van der Waals surface area (Å²) in [6, 6.07) is 18.7. The second kappa shape index (κ2) is 9.98. The van der Waals surface area contributed by atoms with E-state index in [1.165, 1.54) is 0 Å². The number of anilines is 1. The Morgan fingerprint density at radius 3 is 2.10 bits per heavy atom. The van der Waals surface area contributed by atoms with Crippen molar-refractivity contribution >= 4 is 23.3 Å². The van der Waals surface area contributed by atoms with E-state index in [-0.39, 0.29) is 37.1 Å². The topological polar surface area (TPSA) is 83.7 Å². The summed E-state index contributed by atoms with van der Waals surface area (Å²) in [6.07, 6.45) is 1.61. The molecular weight excluding hydrogens is 366 g/mol. The molecule has 1 aliphatic heterocycles. The molecule has 1 fully saturated rings. The molecule has 2 aromatic carbocycles. The smallest absolute Gasteiger partial charge is 0.241 e. The number of para-hydroxylation sites is 1. The molecule has 0 atom stereocenters. The van der Waals surface area contributed by atoms with Gasteiger partial charge in [-0.15, -0.1) is 0 Å². The number of ketones is 1. The molecule has 1 saturated heterocycles. The first-order valence-electron chi connectivity index (χ1n) is 10.00. The Morgan fingerprint density at radius 1 is 0.931 bits per heavy atom. The van der Waals surface area contributed by atoms with Gasteiger partial charge >= 0.3 is 0 Å². The molecule has 0 aromatic heterocycles. The molecule has 2 amide bonds. The standard InChI is InChI=1S/C23H27N3O3/c24-21(27)13-16-26(20-9-5-2-6-10-20)22(28)17-25-14-11-19(12-15-25)23(29)18-7-3-1-4-8-18/h1-10,19H,11-17H2,(H2,24,27). The van der Waals surface area contributed by atoms with Crippen molar-refractivity contribution in [2.75, 3.05) is 31.1 Å². The molecule has 0 unspecified atom stereocenters. The summed E-state index contributed by atoms with van der Waals surface area (Å²) in [7, 11) is 0. The van der Waals surface area contributed by atoms with Crippen molar-refractivity contribution in [3.05, 3.63) is 66.2 Å². The molecule has 2 N–H and O–H groups in total. The summed E-state index contributed by atoms with van der Waals surface area (Å²) in [5.41, 5.74) is 6.79. The SMILES string of the molecule is NC(=O)CCN(C(=O)CN1CCC(C(=O)c2ccccc2)CC1)c1ccccc1. The number of piperidine rings is 1. The maximum Gasteiger partial charge on any atom is 0.241 e. The number of carbonyl (C=O) groups excluding carboxylic acids is 3. The normalized spacial score (nSPS) is 15.0. The van der Waals surface area contributed by atoms with E-state index < -0.39 is 5.91 Å². The fraction of sp³-hybridized carbons (Fsp3) is 0.348. The second-order valence-corrected chi connectivity index (χ2v) is 7.38. The molecule has 0 bridgehead atoms. The monoisotopic (exact) mass is 393 g/mol. The first-order valence-corrected chi connectivity index (χ1v) is 10.00. The van der Waals surface area contributed by atoms with Gasteiger partial charge in [-0.1, -0.05) is 48.5 Å². The van der Waals surface area contributed by atoms with Crippen molar-refractivity contribution in [2.24, 2.45) is 11.7 Å². The molecule has 2 aromatic rings. The van der Waals surface area contributed by atoms with E-state index in [4.69, 9.17) is 5.73 Å². The minimum Gasteiger partial charge on any atom is -0.370 e. The van der Waals surface area contributed by atoms with Crippen LogP contribution < -0.4 is 10.6 Å². The average Bonchev–Trinajstić information content (AvgIpc) is 2.75. The lowest BCUT2D eigenvalue weighted by atomic mass is 9.89. The summed E-state index contributed by atoms with van der Waals surface area (Å²) >= 11 is 0. The van der Waals surface area contributed by atoms with Crippen LogP contribution in [0.25, 0.3) is 0 Å². The van der Waals surface area contributed by atoms with Gasteiger partial charge in [0, 0.05) is 30.1 Å². The van der Waals surface area contributed by atoms with E-state index in [0.717, 1.165) is 24.1 Å². The van der Waals surface area contributed by atoms with E-state index in [2.05, 4.69) is 4.90 Å². The molecule has 0 spiro atoms. The molecule has 0 aliphatic carbocycles. The minimum absolute atomic E-state index is 0.00356. The lowest BCUT2D eigenvalue weighted by molar-refractivity contribution is -0.120. The number of primary amides is 1. The zero-order valence-electron chi connectivity index (χ0n) is 16.5. The number of benzene rings is 2. The Kier molecular flexibility index (Phi) is 7.14. The summed E-state index contributed by atoms with van der Waals surface area (Å²) in [4.78, 5) is 40.5. The lowest BCUT2D eigenvalue weighted by Crippen LogP contribution is -2.45. The van der Waals surface area contributed by atoms with Crippen molar-refractivity contribution in [2.45, 2.75) is 19.3 Å². The van der Waals surface area contributed by atoms with Gasteiger partial charge in [-0.05, 0) is 38.1 Å². The van der Waals surface area contributed by atoms with Crippen LogP contribution in [0.5, 0.6) is 0 Å². The number of hydrogen-bond acceptors (Lipinski definition) is 4. The number of amides is 2. The largest absolute Gasteiger partial charge is 0.370 e. The van der Waals surface area contributed by atoms with Gasteiger partial charge in [-0.2, -0.15) is 0 Å². The Morgan fingerprint density at radius 2 is 1.52 bits per heavy atom. The van der Waals surface area contributed by atoms with Gasteiger partial charge in [0.2, 0.25) is 11.8 Å². The first kappa shape index (κ1) is 20.7. The lowest BCUT2D eigenvalue weighted by Gasteiger charge is -2.32. The zero-order valence-corrected chi connectivity index (χ0v) is 16.5. The number of nitrogens with zero attached hydrogens (tertiary/aromatic N) is 2. The minimum atomic E-state index is -0.432. The van der Waals surface area contributed by atoms with Crippen molar-refractivity contribution in [1.82, 2.24) is 4.90 Å².